The van der Waals surface area contributed by atoms with E-state index in [9.17, 15) is 13.2 Å². The Labute approximate surface area is 119 Å². The predicted molar refractivity (Wildman–Crippen MR) is 76.3 cm³/mol. The Kier molecular flexibility index (Phi) is 5.13. The lowest BCUT2D eigenvalue weighted by Crippen LogP contribution is -2.32. The molecule has 0 fully saturated rings. The average molecular weight is 300 g/mol. The van der Waals surface area contributed by atoms with E-state index in [-0.39, 0.29) is 5.75 Å². The van der Waals surface area contributed by atoms with Crippen molar-refractivity contribution < 1.29 is 17.9 Å². The number of primary sulfonamides is 1. The van der Waals surface area contributed by atoms with Crippen LogP contribution in [0.5, 0.6) is 0 Å². The van der Waals surface area contributed by atoms with Crippen molar-refractivity contribution in [1.82, 2.24) is 5.32 Å². The normalized spacial score (nSPS) is 12.0. The molecule has 7 heteroatoms. The summed E-state index contributed by atoms with van der Waals surface area (Å²) in [5.74, 6) is -0.202. The van der Waals surface area contributed by atoms with E-state index in [2.05, 4.69) is 5.32 Å². The summed E-state index contributed by atoms with van der Waals surface area (Å²) >= 11 is 0. The van der Waals surface area contributed by atoms with E-state index >= 15 is 0 Å². The molecule has 1 rings (SSSR count). The first-order valence-electron chi connectivity index (χ1n) is 6.10. The van der Waals surface area contributed by atoms with E-state index in [1.807, 2.05) is 0 Å². The van der Waals surface area contributed by atoms with Crippen molar-refractivity contribution >= 4 is 16.1 Å². The molecule has 6 nitrogen and oxygen atoms in total. The number of nitrogens with one attached hydrogen (secondary N) is 1. The summed E-state index contributed by atoms with van der Waals surface area (Å²) < 4.78 is 27.0. The van der Waals surface area contributed by atoms with Crippen LogP contribution in [0.4, 0.5) is 4.79 Å². The molecule has 20 heavy (non-hydrogen) atoms. The number of carbonyl (C=O) groups excluding carboxylic acids is 1. The number of hydrogen-bond donors (Lipinski definition) is 2. The second kappa shape index (κ2) is 6.23. The van der Waals surface area contributed by atoms with Gasteiger partial charge in [0.2, 0.25) is 10.0 Å². The predicted octanol–water partition coefficient (Wildman–Crippen LogP) is 1.50. The van der Waals surface area contributed by atoms with Crippen molar-refractivity contribution in [1.29, 1.82) is 0 Å². The zero-order chi connectivity index (χ0) is 15.4. The molecule has 0 atom stereocenters. The minimum absolute atomic E-state index is 0.202. The van der Waals surface area contributed by atoms with Crippen molar-refractivity contribution in [2.45, 2.75) is 38.7 Å². The van der Waals surface area contributed by atoms with Gasteiger partial charge in [-0.15, -0.1) is 0 Å². The Morgan fingerprint density at radius 1 is 1.20 bits per heavy atom. The number of amides is 1. The number of sulfonamides is 1. The molecule has 1 aromatic rings. The van der Waals surface area contributed by atoms with E-state index in [1.54, 1.807) is 45.0 Å². The van der Waals surface area contributed by atoms with Gasteiger partial charge in [-0.3, -0.25) is 0 Å². The van der Waals surface area contributed by atoms with Gasteiger partial charge in [0.15, 0.2) is 0 Å². The summed E-state index contributed by atoms with van der Waals surface area (Å²) in [7, 11) is -3.53. The summed E-state index contributed by atoms with van der Waals surface area (Å²) in [6.45, 7) is 5.67. The van der Waals surface area contributed by atoms with Gasteiger partial charge in [0.1, 0.15) is 5.60 Å². The van der Waals surface area contributed by atoms with Gasteiger partial charge in [0, 0.05) is 6.54 Å². The lowest BCUT2D eigenvalue weighted by Gasteiger charge is -2.19. The molecule has 1 amide bonds. The Hall–Kier alpha value is -1.60. The maximum atomic E-state index is 11.5. The third-order valence-corrected chi connectivity index (χ3v) is 2.96. The zero-order valence-corrected chi connectivity index (χ0v) is 12.7. The second-order valence-corrected chi connectivity index (χ2v) is 7.09. The minimum Gasteiger partial charge on any atom is -0.444 e. The first kappa shape index (κ1) is 16.5. The van der Waals surface area contributed by atoms with Crippen LogP contribution in [0.1, 0.15) is 31.9 Å². The molecule has 0 unspecified atom stereocenters. The first-order chi connectivity index (χ1) is 9.05. The highest BCUT2D eigenvalue weighted by atomic mass is 32.2. The molecular weight excluding hydrogens is 280 g/mol. The fraction of sp³-hybridized carbons (Fsp3) is 0.462. The summed E-state index contributed by atoms with van der Waals surface area (Å²) in [5.41, 5.74) is 0.909. The van der Waals surface area contributed by atoms with Crippen LogP contribution in [-0.2, 0) is 27.1 Å². The third kappa shape index (κ3) is 7.10. The standard InChI is InChI=1S/C13H20N2O4S/c1-13(2,3)19-12(16)15-8-10-4-6-11(7-5-10)9-20(14,17)18/h4-7H,8-9H2,1-3H3,(H,15,16)(H2,14,17,18). The van der Waals surface area contributed by atoms with E-state index in [0.29, 0.717) is 12.1 Å². The van der Waals surface area contributed by atoms with Crippen molar-refractivity contribution in [2.24, 2.45) is 5.14 Å². The Morgan fingerprint density at radius 2 is 1.70 bits per heavy atom. The van der Waals surface area contributed by atoms with Gasteiger partial charge in [-0.2, -0.15) is 0 Å². The maximum Gasteiger partial charge on any atom is 0.407 e. The fourth-order valence-electron chi connectivity index (χ4n) is 1.47. The Morgan fingerprint density at radius 3 is 2.15 bits per heavy atom. The zero-order valence-electron chi connectivity index (χ0n) is 11.8. The summed E-state index contributed by atoms with van der Waals surface area (Å²) in [6, 6.07) is 6.79. The molecule has 1 aromatic carbocycles. The van der Waals surface area contributed by atoms with Gasteiger partial charge in [-0.05, 0) is 31.9 Å². The van der Waals surface area contributed by atoms with Gasteiger partial charge >= 0.3 is 6.09 Å². The third-order valence-electron chi connectivity index (χ3n) is 2.23. The van der Waals surface area contributed by atoms with Crippen LogP contribution >= 0.6 is 0 Å². The number of carbonyl (C=O) groups is 1. The first-order valence-corrected chi connectivity index (χ1v) is 7.82. The number of rotatable bonds is 4. The monoisotopic (exact) mass is 300 g/mol. The number of ether oxygens (including phenoxy) is 1. The van der Waals surface area contributed by atoms with Crippen LogP contribution in [0.25, 0.3) is 0 Å². The molecule has 0 spiro atoms. The van der Waals surface area contributed by atoms with Crippen LogP contribution in [-0.4, -0.2) is 20.1 Å². The van der Waals surface area contributed by atoms with Crippen molar-refractivity contribution in [2.75, 3.05) is 0 Å². The van der Waals surface area contributed by atoms with Gasteiger partial charge in [-0.25, -0.2) is 18.4 Å². The van der Waals surface area contributed by atoms with Crippen LogP contribution in [0, 0.1) is 0 Å². The lowest BCUT2D eigenvalue weighted by molar-refractivity contribution is 0.0523. The van der Waals surface area contributed by atoms with Crippen LogP contribution < -0.4 is 10.5 Å². The molecule has 0 saturated heterocycles. The average Bonchev–Trinajstić information content (AvgIpc) is 2.23. The van der Waals surface area contributed by atoms with E-state index in [4.69, 9.17) is 9.88 Å². The number of alkyl carbamates (subject to hydrolysis) is 1. The van der Waals surface area contributed by atoms with Crippen LogP contribution in [0.2, 0.25) is 0 Å². The molecule has 0 bridgehead atoms. The highest BCUT2D eigenvalue weighted by Gasteiger charge is 2.15. The van der Waals surface area contributed by atoms with E-state index in [0.717, 1.165) is 5.56 Å². The highest BCUT2D eigenvalue weighted by Crippen LogP contribution is 2.09. The van der Waals surface area contributed by atoms with Gasteiger partial charge in [0.25, 0.3) is 0 Å². The molecule has 0 aromatic heterocycles. The topological polar surface area (TPSA) is 98.5 Å². The summed E-state index contributed by atoms with van der Waals surface area (Å²) in [4.78, 5) is 11.5. The van der Waals surface area contributed by atoms with Crippen molar-refractivity contribution in [3.8, 4) is 0 Å². The summed E-state index contributed by atoms with van der Waals surface area (Å²) in [6.07, 6.45) is -0.494. The maximum absolute atomic E-state index is 11.5. The fourth-order valence-corrected chi connectivity index (χ4v) is 2.13. The number of benzene rings is 1. The van der Waals surface area contributed by atoms with Gasteiger partial charge in [0.05, 0.1) is 5.75 Å². The molecule has 3 N–H and O–H groups in total. The lowest BCUT2D eigenvalue weighted by atomic mass is 10.1. The summed E-state index contributed by atoms with van der Waals surface area (Å²) in [5, 5.41) is 7.58. The Balaban J connectivity index is 2.52. The van der Waals surface area contributed by atoms with Crippen LogP contribution in [0.15, 0.2) is 24.3 Å². The molecule has 0 heterocycles. The molecule has 112 valence electrons. The van der Waals surface area contributed by atoms with Crippen molar-refractivity contribution in [3.05, 3.63) is 35.4 Å². The largest absolute Gasteiger partial charge is 0.444 e. The van der Waals surface area contributed by atoms with E-state index < -0.39 is 21.7 Å². The number of nitrogens with two attached hydrogens (primary N) is 1. The quantitative estimate of drug-likeness (QED) is 0.880. The minimum atomic E-state index is -3.53. The Bertz CT molecular complexity index is 559. The highest BCUT2D eigenvalue weighted by molar-refractivity contribution is 7.88. The number of hydrogen-bond acceptors (Lipinski definition) is 4. The van der Waals surface area contributed by atoms with Gasteiger partial charge in [-0.1, -0.05) is 24.3 Å². The molecule has 0 aliphatic carbocycles. The molecule has 0 aliphatic rings. The van der Waals surface area contributed by atoms with Gasteiger partial charge < -0.3 is 10.1 Å². The molecule has 0 saturated carbocycles. The SMILES string of the molecule is CC(C)(C)OC(=O)NCc1ccc(CS(N)(=O)=O)cc1. The van der Waals surface area contributed by atoms with Crippen LogP contribution in [0.3, 0.4) is 0 Å². The smallest absolute Gasteiger partial charge is 0.407 e. The molecule has 0 radical (unpaired) electrons. The van der Waals surface area contributed by atoms with Crippen molar-refractivity contribution in [3.63, 3.8) is 0 Å². The second-order valence-electron chi connectivity index (χ2n) is 5.48. The molecular formula is C13H20N2O4S. The molecule has 0 aliphatic heterocycles. The van der Waals surface area contributed by atoms with E-state index in [1.165, 1.54) is 0 Å².